The minimum atomic E-state index is -0.475. The molecule has 2 aromatic heterocycles. The van der Waals surface area contributed by atoms with E-state index in [2.05, 4.69) is 15.3 Å². The van der Waals surface area contributed by atoms with E-state index in [-0.39, 0.29) is 12.5 Å². The summed E-state index contributed by atoms with van der Waals surface area (Å²) in [5, 5.41) is 3.31. The number of rotatable bonds is 7. The smallest absolute Gasteiger partial charge is 0.340 e. The molecule has 0 unspecified atom stereocenters. The molecule has 0 saturated carbocycles. The van der Waals surface area contributed by atoms with Crippen LogP contribution in [0.1, 0.15) is 37.8 Å². The number of carbonyl (C=O) groups excluding carboxylic acids is 2. The first-order valence-corrected chi connectivity index (χ1v) is 9.61. The fraction of sp³-hybridized carbons (Fsp3) is 0.438. The molecule has 0 radical (unpaired) electrons. The van der Waals surface area contributed by atoms with Crippen molar-refractivity contribution >= 4 is 40.1 Å². The molecule has 0 saturated heterocycles. The standard InChI is InChI=1S/C16H21N3O4S2/c1-8-11(14(21)23-7-6-22-4)9(2)17-12(8)13(20)19-16-18-10(3)15(24-5)25-16/h17H,6-7H2,1-5H3,(H,18,19,20). The molecule has 136 valence electrons. The second-order valence-electron chi connectivity index (χ2n) is 5.30. The zero-order valence-corrected chi connectivity index (χ0v) is 16.4. The van der Waals surface area contributed by atoms with Gasteiger partial charge in [-0.15, -0.1) is 11.8 Å². The van der Waals surface area contributed by atoms with Crippen LogP contribution < -0.4 is 5.32 Å². The number of aromatic amines is 1. The van der Waals surface area contributed by atoms with E-state index in [1.54, 1.807) is 25.6 Å². The van der Waals surface area contributed by atoms with Gasteiger partial charge in [-0.2, -0.15) is 0 Å². The number of anilines is 1. The highest BCUT2D eigenvalue weighted by Crippen LogP contribution is 2.30. The summed E-state index contributed by atoms with van der Waals surface area (Å²) in [5.41, 5.74) is 2.73. The minimum Gasteiger partial charge on any atom is -0.460 e. The van der Waals surface area contributed by atoms with E-state index in [1.165, 1.54) is 18.4 Å². The average Bonchev–Trinajstić information content (AvgIpc) is 3.06. The van der Waals surface area contributed by atoms with Crippen molar-refractivity contribution in [2.75, 3.05) is 31.9 Å². The zero-order valence-electron chi connectivity index (χ0n) is 14.8. The Morgan fingerprint density at radius 1 is 1.28 bits per heavy atom. The average molecular weight is 383 g/mol. The summed E-state index contributed by atoms with van der Waals surface area (Å²) in [6.07, 6.45) is 1.96. The third-order valence-corrected chi connectivity index (χ3v) is 5.83. The number of thiazole rings is 1. The van der Waals surface area contributed by atoms with Gasteiger partial charge >= 0.3 is 5.97 Å². The van der Waals surface area contributed by atoms with Crippen LogP contribution in [0.5, 0.6) is 0 Å². The topological polar surface area (TPSA) is 93.3 Å². The van der Waals surface area contributed by atoms with Crippen LogP contribution in [0.4, 0.5) is 5.13 Å². The molecule has 0 atom stereocenters. The second kappa shape index (κ2) is 8.50. The molecule has 2 rings (SSSR count). The summed E-state index contributed by atoms with van der Waals surface area (Å²) >= 11 is 3.01. The molecule has 0 aromatic carbocycles. The number of aromatic nitrogens is 2. The number of hydrogen-bond acceptors (Lipinski definition) is 7. The lowest BCUT2D eigenvalue weighted by Crippen LogP contribution is -2.14. The van der Waals surface area contributed by atoms with Crippen LogP contribution in [0.25, 0.3) is 0 Å². The maximum atomic E-state index is 12.5. The maximum Gasteiger partial charge on any atom is 0.340 e. The van der Waals surface area contributed by atoms with E-state index in [4.69, 9.17) is 9.47 Å². The molecule has 1 amide bonds. The Kier molecular flexibility index (Phi) is 6.63. The molecule has 0 bridgehead atoms. The zero-order chi connectivity index (χ0) is 18.6. The third kappa shape index (κ3) is 4.42. The normalized spacial score (nSPS) is 10.8. The molecule has 2 N–H and O–H groups in total. The van der Waals surface area contributed by atoms with Gasteiger partial charge < -0.3 is 14.5 Å². The Morgan fingerprint density at radius 3 is 2.60 bits per heavy atom. The number of carbonyl (C=O) groups is 2. The fourth-order valence-corrected chi connectivity index (χ4v) is 3.96. The summed E-state index contributed by atoms with van der Waals surface area (Å²) in [4.78, 5) is 32.0. The van der Waals surface area contributed by atoms with E-state index in [1.807, 2.05) is 13.2 Å². The van der Waals surface area contributed by atoms with Crippen LogP contribution >= 0.6 is 23.1 Å². The monoisotopic (exact) mass is 383 g/mol. The lowest BCUT2D eigenvalue weighted by atomic mass is 10.1. The maximum absolute atomic E-state index is 12.5. The largest absolute Gasteiger partial charge is 0.460 e. The van der Waals surface area contributed by atoms with Crippen LogP contribution in [0, 0.1) is 20.8 Å². The van der Waals surface area contributed by atoms with Crippen molar-refractivity contribution < 1.29 is 19.1 Å². The van der Waals surface area contributed by atoms with Crippen molar-refractivity contribution in [3.63, 3.8) is 0 Å². The van der Waals surface area contributed by atoms with E-state index in [9.17, 15) is 9.59 Å². The van der Waals surface area contributed by atoms with Gasteiger partial charge in [0.15, 0.2) is 5.13 Å². The summed E-state index contributed by atoms with van der Waals surface area (Å²) in [6.45, 7) is 5.83. The molecule has 9 heteroatoms. The number of methoxy groups -OCH3 is 1. The first kappa shape index (κ1) is 19.5. The molecule has 0 aliphatic rings. The minimum absolute atomic E-state index is 0.163. The van der Waals surface area contributed by atoms with Crippen LogP contribution in [-0.2, 0) is 9.47 Å². The van der Waals surface area contributed by atoms with Crippen LogP contribution in [0.2, 0.25) is 0 Å². The summed E-state index contributed by atoms with van der Waals surface area (Å²) in [5.74, 6) is -0.810. The number of hydrogen-bond donors (Lipinski definition) is 2. The molecule has 0 spiro atoms. The van der Waals surface area contributed by atoms with Gasteiger partial charge in [-0.05, 0) is 32.6 Å². The van der Waals surface area contributed by atoms with E-state index < -0.39 is 5.97 Å². The van der Waals surface area contributed by atoms with Crippen LogP contribution in [-0.4, -0.2) is 48.4 Å². The molecule has 2 heterocycles. The second-order valence-corrected chi connectivity index (χ2v) is 7.38. The number of thioether (sulfide) groups is 1. The summed E-state index contributed by atoms with van der Waals surface area (Å²) in [7, 11) is 1.53. The van der Waals surface area contributed by atoms with Crippen molar-refractivity contribution in [1.29, 1.82) is 0 Å². The van der Waals surface area contributed by atoms with Gasteiger partial charge in [0, 0.05) is 12.8 Å². The van der Waals surface area contributed by atoms with Gasteiger partial charge in [0.2, 0.25) is 0 Å². The SMILES string of the molecule is COCCOC(=O)c1c(C)[nH]c(C(=O)Nc2nc(C)c(SC)s2)c1C. The Balaban J connectivity index is 2.17. The van der Waals surface area contributed by atoms with Crippen LogP contribution in [0.3, 0.4) is 0 Å². The molecule has 0 aliphatic heterocycles. The molecular weight excluding hydrogens is 362 g/mol. The van der Waals surface area contributed by atoms with Crippen molar-refractivity contribution in [1.82, 2.24) is 9.97 Å². The quantitative estimate of drug-likeness (QED) is 0.433. The Labute approximate surface area is 154 Å². The van der Waals surface area contributed by atoms with Gasteiger partial charge in [-0.25, -0.2) is 9.78 Å². The Morgan fingerprint density at radius 2 is 2.00 bits per heavy atom. The van der Waals surface area contributed by atoms with Crippen molar-refractivity contribution in [3.05, 3.63) is 28.2 Å². The highest BCUT2D eigenvalue weighted by Gasteiger charge is 2.23. The Hall–Kier alpha value is -1.84. The highest BCUT2D eigenvalue weighted by molar-refractivity contribution is 8.00. The number of nitrogens with one attached hydrogen (secondary N) is 2. The number of H-pyrrole nitrogens is 1. The number of amides is 1. The van der Waals surface area contributed by atoms with Crippen molar-refractivity contribution in [2.45, 2.75) is 25.0 Å². The van der Waals surface area contributed by atoms with Crippen molar-refractivity contribution in [2.24, 2.45) is 0 Å². The number of aryl methyl sites for hydroxylation is 2. The van der Waals surface area contributed by atoms with Gasteiger partial charge in [0.05, 0.1) is 22.1 Å². The van der Waals surface area contributed by atoms with Gasteiger partial charge in [-0.3, -0.25) is 10.1 Å². The molecule has 0 fully saturated rings. The lowest BCUT2D eigenvalue weighted by molar-refractivity contribution is 0.0387. The highest BCUT2D eigenvalue weighted by atomic mass is 32.2. The molecule has 25 heavy (non-hydrogen) atoms. The lowest BCUT2D eigenvalue weighted by Gasteiger charge is -2.05. The van der Waals surface area contributed by atoms with E-state index in [0.29, 0.717) is 34.3 Å². The molecule has 2 aromatic rings. The van der Waals surface area contributed by atoms with Gasteiger partial charge in [0.25, 0.3) is 5.91 Å². The van der Waals surface area contributed by atoms with E-state index >= 15 is 0 Å². The van der Waals surface area contributed by atoms with Gasteiger partial charge in [-0.1, -0.05) is 11.3 Å². The number of ether oxygens (including phenoxy) is 2. The predicted octanol–water partition coefficient (Wildman–Crippen LogP) is 3.17. The van der Waals surface area contributed by atoms with E-state index in [0.717, 1.165) is 9.90 Å². The number of esters is 1. The number of nitrogens with zero attached hydrogens (tertiary/aromatic N) is 1. The first-order chi connectivity index (χ1) is 11.9. The van der Waals surface area contributed by atoms with Gasteiger partial charge in [0.1, 0.15) is 12.3 Å². The summed E-state index contributed by atoms with van der Waals surface area (Å²) < 4.78 is 11.1. The fourth-order valence-electron chi connectivity index (χ4n) is 2.36. The Bertz CT molecular complexity index is 783. The van der Waals surface area contributed by atoms with Crippen LogP contribution in [0.15, 0.2) is 4.21 Å². The molecule has 7 nitrogen and oxygen atoms in total. The summed E-state index contributed by atoms with van der Waals surface area (Å²) in [6, 6.07) is 0. The molecular formula is C16H21N3O4S2. The molecule has 0 aliphatic carbocycles. The van der Waals surface area contributed by atoms with Crippen molar-refractivity contribution in [3.8, 4) is 0 Å². The predicted molar refractivity (Wildman–Crippen MR) is 99.0 cm³/mol. The first-order valence-electron chi connectivity index (χ1n) is 7.57. The third-order valence-electron chi connectivity index (χ3n) is 3.55.